The smallest absolute Gasteiger partial charge is 0.277 e. The minimum atomic E-state index is -3.63. The lowest BCUT2D eigenvalue weighted by atomic mass is 10.1. The summed E-state index contributed by atoms with van der Waals surface area (Å²) < 4.78 is 23.6. The normalized spacial score (nSPS) is 27.0. The highest BCUT2D eigenvalue weighted by molar-refractivity contribution is 7.86. The molecule has 3 N–H and O–H groups in total. The third kappa shape index (κ3) is 3.88. The highest BCUT2D eigenvalue weighted by Gasteiger charge is 2.30. The number of carbonyl (C=O) groups excluding carboxylic acids is 1. The molecule has 110 valence electrons. The summed E-state index contributed by atoms with van der Waals surface area (Å²) in [6.45, 7) is 2.31. The Labute approximate surface area is 114 Å². The van der Waals surface area contributed by atoms with Gasteiger partial charge in [0, 0.05) is 26.2 Å². The van der Waals surface area contributed by atoms with E-state index in [1.54, 1.807) is 4.90 Å². The Balaban J connectivity index is 1.88. The van der Waals surface area contributed by atoms with Gasteiger partial charge in [-0.1, -0.05) is 12.8 Å². The standard InChI is InChI=1S/C11H22N4O3S/c12-19(17,18)15-8-6-14(7-9-15)11(16)10-4-2-1-3-5-13-10/h10,13H,1-9H2,(H2,12,17,18). The first-order valence-corrected chi connectivity index (χ1v) is 8.29. The number of carbonyl (C=O) groups is 1. The van der Waals surface area contributed by atoms with Crippen LogP contribution in [0.1, 0.15) is 25.7 Å². The summed E-state index contributed by atoms with van der Waals surface area (Å²) in [6.07, 6.45) is 4.22. The van der Waals surface area contributed by atoms with Crippen LogP contribution in [0.25, 0.3) is 0 Å². The lowest BCUT2D eigenvalue weighted by Crippen LogP contribution is -2.55. The molecular formula is C11H22N4O3S. The fraction of sp³-hybridized carbons (Fsp3) is 0.909. The Hall–Kier alpha value is -0.700. The number of hydrogen-bond donors (Lipinski definition) is 2. The molecule has 0 aromatic carbocycles. The molecular weight excluding hydrogens is 268 g/mol. The fourth-order valence-corrected chi connectivity index (χ4v) is 3.29. The lowest BCUT2D eigenvalue weighted by Gasteiger charge is -2.34. The molecule has 2 aliphatic rings. The van der Waals surface area contributed by atoms with Crippen molar-refractivity contribution in [1.82, 2.24) is 14.5 Å². The Bertz CT molecular complexity index is 410. The van der Waals surface area contributed by atoms with Crippen molar-refractivity contribution in [2.24, 2.45) is 5.14 Å². The van der Waals surface area contributed by atoms with Crippen molar-refractivity contribution in [1.29, 1.82) is 0 Å². The van der Waals surface area contributed by atoms with Gasteiger partial charge in [-0.25, -0.2) is 5.14 Å². The third-order valence-corrected chi connectivity index (χ3v) is 4.85. The molecule has 7 nitrogen and oxygen atoms in total. The van der Waals surface area contributed by atoms with Crippen LogP contribution >= 0.6 is 0 Å². The number of piperazine rings is 1. The van der Waals surface area contributed by atoms with E-state index in [-0.39, 0.29) is 25.0 Å². The predicted octanol–water partition coefficient (Wildman–Crippen LogP) is -1.13. The van der Waals surface area contributed by atoms with Crippen molar-refractivity contribution in [3.05, 3.63) is 0 Å². The van der Waals surface area contributed by atoms with E-state index in [1.807, 2.05) is 0 Å². The Morgan fingerprint density at radius 3 is 2.42 bits per heavy atom. The van der Waals surface area contributed by atoms with Gasteiger partial charge in [-0.15, -0.1) is 0 Å². The van der Waals surface area contributed by atoms with Gasteiger partial charge in [0.15, 0.2) is 0 Å². The van der Waals surface area contributed by atoms with E-state index in [9.17, 15) is 13.2 Å². The molecule has 0 radical (unpaired) electrons. The van der Waals surface area contributed by atoms with Crippen LogP contribution in [-0.4, -0.2) is 62.3 Å². The second kappa shape index (κ2) is 6.17. The van der Waals surface area contributed by atoms with Crippen LogP contribution in [0.4, 0.5) is 0 Å². The first-order valence-electron chi connectivity index (χ1n) is 6.78. The van der Waals surface area contributed by atoms with Crippen molar-refractivity contribution >= 4 is 16.1 Å². The van der Waals surface area contributed by atoms with Crippen LogP contribution in [0.5, 0.6) is 0 Å². The van der Waals surface area contributed by atoms with Gasteiger partial charge in [0.2, 0.25) is 5.91 Å². The molecule has 1 unspecified atom stereocenters. The third-order valence-electron chi connectivity index (χ3n) is 3.77. The average Bonchev–Trinajstić information content (AvgIpc) is 2.66. The van der Waals surface area contributed by atoms with Crippen molar-refractivity contribution in [2.75, 3.05) is 32.7 Å². The molecule has 2 fully saturated rings. The zero-order valence-electron chi connectivity index (χ0n) is 11.0. The number of amides is 1. The van der Waals surface area contributed by atoms with Crippen molar-refractivity contribution in [2.45, 2.75) is 31.7 Å². The molecule has 0 spiro atoms. The molecule has 19 heavy (non-hydrogen) atoms. The van der Waals surface area contributed by atoms with Gasteiger partial charge in [-0.3, -0.25) is 4.79 Å². The molecule has 0 saturated carbocycles. The summed E-state index contributed by atoms with van der Waals surface area (Å²) >= 11 is 0. The molecule has 0 aromatic rings. The van der Waals surface area contributed by atoms with Gasteiger partial charge >= 0.3 is 0 Å². The molecule has 2 saturated heterocycles. The van der Waals surface area contributed by atoms with E-state index in [4.69, 9.17) is 5.14 Å². The molecule has 1 atom stereocenters. The second-order valence-electron chi connectivity index (χ2n) is 5.13. The predicted molar refractivity (Wildman–Crippen MR) is 71.5 cm³/mol. The zero-order valence-corrected chi connectivity index (χ0v) is 11.9. The highest BCUT2D eigenvalue weighted by atomic mass is 32.2. The van der Waals surface area contributed by atoms with Crippen LogP contribution in [0.3, 0.4) is 0 Å². The molecule has 0 aliphatic carbocycles. The topological polar surface area (TPSA) is 95.7 Å². The summed E-state index contributed by atoms with van der Waals surface area (Å²) in [7, 11) is -3.63. The number of rotatable bonds is 2. The monoisotopic (exact) mass is 290 g/mol. The highest BCUT2D eigenvalue weighted by Crippen LogP contribution is 2.13. The van der Waals surface area contributed by atoms with E-state index >= 15 is 0 Å². The molecule has 2 aliphatic heterocycles. The van der Waals surface area contributed by atoms with Crippen LogP contribution in [0, 0.1) is 0 Å². The summed E-state index contributed by atoms with van der Waals surface area (Å²) in [5, 5.41) is 8.35. The summed E-state index contributed by atoms with van der Waals surface area (Å²) in [6, 6.07) is -0.108. The first-order chi connectivity index (χ1) is 8.98. The van der Waals surface area contributed by atoms with E-state index in [1.165, 1.54) is 4.31 Å². The van der Waals surface area contributed by atoms with Crippen molar-refractivity contribution in [3.63, 3.8) is 0 Å². The van der Waals surface area contributed by atoms with E-state index in [2.05, 4.69) is 5.32 Å². The quantitative estimate of drug-likeness (QED) is 0.672. The van der Waals surface area contributed by atoms with Crippen molar-refractivity contribution in [3.8, 4) is 0 Å². The minimum absolute atomic E-state index is 0.0935. The van der Waals surface area contributed by atoms with Crippen LogP contribution < -0.4 is 10.5 Å². The van der Waals surface area contributed by atoms with Gasteiger partial charge in [0.1, 0.15) is 0 Å². The van der Waals surface area contributed by atoms with Crippen LogP contribution in [0.2, 0.25) is 0 Å². The molecule has 2 heterocycles. The minimum Gasteiger partial charge on any atom is -0.339 e. The molecule has 8 heteroatoms. The maximum Gasteiger partial charge on any atom is 0.277 e. The van der Waals surface area contributed by atoms with Crippen molar-refractivity contribution < 1.29 is 13.2 Å². The van der Waals surface area contributed by atoms with Crippen LogP contribution in [0.15, 0.2) is 0 Å². The van der Waals surface area contributed by atoms with E-state index in [0.717, 1.165) is 32.2 Å². The SMILES string of the molecule is NS(=O)(=O)N1CCN(C(=O)C2CCCCCN2)CC1. The van der Waals surface area contributed by atoms with E-state index < -0.39 is 10.2 Å². The Morgan fingerprint density at radius 1 is 1.11 bits per heavy atom. The Morgan fingerprint density at radius 2 is 1.79 bits per heavy atom. The van der Waals surface area contributed by atoms with Gasteiger partial charge in [-0.2, -0.15) is 12.7 Å². The fourth-order valence-electron chi connectivity index (χ4n) is 2.62. The van der Waals surface area contributed by atoms with Crippen LogP contribution in [-0.2, 0) is 15.0 Å². The number of nitrogens with two attached hydrogens (primary N) is 1. The lowest BCUT2D eigenvalue weighted by molar-refractivity contribution is -0.134. The maximum absolute atomic E-state index is 12.3. The first kappa shape index (κ1) is 14.7. The molecule has 0 aromatic heterocycles. The summed E-state index contributed by atoms with van der Waals surface area (Å²) in [5.41, 5.74) is 0. The van der Waals surface area contributed by atoms with E-state index in [0.29, 0.717) is 13.1 Å². The Kier molecular flexibility index (Phi) is 4.77. The number of nitrogens with one attached hydrogen (secondary N) is 1. The zero-order chi connectivity index (χ0) is 13.9. The summed E-state index contributed by atoms with van der Waals surface area (Å²) in [4.78, 5) is 14.1. The van der Waals surface area contributed by atoms with Gasteiger partial charge in [0.05, 0.1) is 6.04 Å². The van der Waals surface area contributed by atoms with Gasteiger partial charge < -0.3 is 10.2 Å². The largest absolute Gasteiger partial charge is 0.339 e. The van der Waals surface area contributed by atoms with Gasteiger partial charge in [0.25, 0.3) is 10.2 Å². The average molecular weight is 290 g/mol. The second-order valence-corrected chi connectivity index (χ2v) is 6.67. The molecule has 1 amide bonds. The number of hydrogen-bond acceptors (Lipinski definition) is 4. The molecule has 2 rings (SSSR count). The molecule has 0 bridgehead atoms. The maximum atomic E-state index is 12.3. The van der Waals surface area contributed by atoms with Gasteiger partial charge in [-0.05, 0) is 19.4 Å². The summed E-state index contributed by atoms with van der Waals surface area (Å²) in [5.74, 6) is 0.0935. The number of nitrogens with zero attached hydrogens (tertiary/aromatic N) is 2.